The van der Waals surface area contributed by atoms with Crippen LogP contribution in [0, 0.1) is 11.3 Å². The number of nitriles is 1. The number of rotatable bonds is 5. The zero-order valence-electron chi connectivity index (χ0n) is 14.4. The summed E-state index contributed by atoms with van der Waals surface area (Å²) in [6, 6.07) is 15.3. The number of nitrogens with two attached hydrogens (primary N) is 2. The van der Waals surface area contributed by atoms with Crippen molar-refractivity contribution in [3.8, 4) is 28.8 Å². The van der Waals surface area contributed by atoms with Gasteiger partial charge in [-0.15, -0.1) is 0 Å². The summed E-state index contributed by atoms with van der Waals surface area (Å²) in [5.74, 6) is 1.04. The first-order chi connectivity index (χ1) is 13.0. The van der Waals surface area contributed by atoms with Gasteiger partial charge in [-0.3, -0.25) is 0 Å². The molecular formula is C19H16BrN5O2. The highest BCUT2D eigenvalue weighted by molar-refractivity contribution is 9.10. The summed E-state index contributed by atoms with van der Waals surface area (Å²) in [6.45, 7) is 0.381. The minimum atomic E-state index is -0.0130. The number of benzene rings is 2. The van der Waals surface area contributed by atoms with Gasteiger partial charge >= 0.3 is 0 Å². The number of nitrogens with zero attached hydrogens (tertiary/aromatic N) is 3. The number of anilines is 2. The smallest absolute Gasteiger partial charge is 0.222 e. The fourth-order valence-electron chi connectivity index (χ4n) is 2.54. The second-order valence-corrected chi connectivity index (χ2v) is 6.42. The molecule has 8 heteroatoms. The number of hydrogen-bond donors (Lipinski definition) is 2. The number of aromatic nitrogens is 2. The average molecular weight is 426 g/mol. The van der Waals surface area contributed by atoms with Gasteiger partial charge in [0, 0.05) is 5.56 Å². The lowest BCUT2D eigenvalue weighted by Crippen LogP contribution is -2.05. The maximum absolute atomic E-state index is 9.39. The van der Waals surface area contributed by atoms with Crippen molar-refractivity contribution >= 4 is 27.7 Å². The molecule has 1 aromatic heterocycles. The van der Waals surface area contributed by atoms with E-state index in [2.05, 4.69) is 25.9 Å². The van der Waals surface area contributed by atoms with Crippen LogP contribution >= 0.6 is 15.9 Å². The van der Waals surface area contributed by atoms with Crippen molar-refractivity contribution < 1.29 is 9.47 Å². The molecule has 0 amide bonds. The topological polar surface area (TPSA) is 120 Å². The van der Waals surface area contributed by atoms with Gasteiger partial charge in [-0.1, -0.05) is 30.3 Å². The van der Waals surface area contributed by atoms with E-state index in [0.717, 1.165) is 5.56 Å². The van der Waals surface area contributed by atoms with Gasteiger partial charge in [0.1, 0.15) is 24.1 Å². The molecule has 0 unspecified atom stereocenters. The molecule has 1 heterocycles. The first kappa shape index (κ1) is 18.5. The van der Waals surface area contributed by atoms with Crippen LogP contribution in [-0.4, -0.2) is 17.1 Å². The van der Waals surface area contributed by atoms with Crippen molar-refractivity contribution in [2.45, 2.75) is 6.61 Å². The molecule has 3 aromatic rings. The molecule has 0 saturated carbocycles. The van der Waals surface area contributed by atoms with E-state index in [1.165, 1.54) is 7.11 Å². The molecule has 4 N–H and O–H groups in total. The van der Waals surface area contributed by atoms with Crippen molar-refractivity contribution in [2.75, 3.05) is 18.6 Å². The lowest BCUT2D eigenvalue weighted by atomic mass is 10.1. The highest BCUT2D eigenvalue weighted by Crippen LogP contribution is 2.40. The van der Waals surface area contributed by atoms with Gasteiger partial charge < -0.3 is 20.9 Å². The Morgan fingerprint density at radius 3 is 2.56 bits per heavy atom. The van der Waals surface area contributed by atoms with Crippen molar-refractivity contribution in [1.29, 1.82) is 5.26 Å². The Morgan fingerprint density at radius 1 is 1.15 bits per heavy atom. The first-order valence-electron chi connectivity index (χ1n) is 7.91. The standard InChI is InChI=1S/C19H16BrN5O2/c1-26-15-8-12(16-13(9-21)18(22)25-19(23)24-16)7-14(20)17(15)27-10-11-5-3-2-4-6-11/h2-8H,10H2,1H3,(H4,22,23,24,25). The normalized spacial score (nSPS) is 10.3. The second kappa shape index (κ2) is 7.93. The Kier molecular flexibility index (Phi) is 5.43. The molecular weight excluding hydrogens is 410 g/mol. The Balaban J connectivity index is 2.01. The summed E-state index contributed by atoms with van der Waals surface area (Å²) in [6.07, 6.45) is 0. The third-order valence-corrected chi connectivity index (χ3v) is 4.38. The SMILES string of the molecule is COc1cc(-c2nc(N)nc(N)c2C#N)cc(Br)c1OCc1ccccc1. The van der Waals surface area contributed by atoms with Crippen LogP contribution in [0.1, 0.15) is 11.1 Å². The van der Waals surface area contributed by atoms with Gasteiger partial charge in [-0.2, -0.15) is 10.2 Å². The molecule has 136 valence electrons. The third-order valence-electron chi connectivity index (χ3n) is 3.79. The van der Waals surface area contributed by atoms with Crippen LogP contribution < -0.4 is 20.9 Å². The Hall–Kier alpha value is -3.31. The predicted molar refractivity (Wildman–Crippen MR) is 106 cm³/mol. The van der Waals surface area contributed by atoms with Crippen LogP contribution in [0.5, 0.6) is 11.5 Å². The van der Waals surface area contributed by atoms with Crippen molar-refractivity contribution in [1.82, 2.24) is 9.97 Å². The second-order valence-electron chi connectivity index (χ2n) is 5.57. The monoisotopic (exact) mass is 425 g/mol. The summed E-state index contributed by atoms with van der Waals surface area (Å²) in [4.78, 5) is 7.99. The fourth-order valence-corrected chi connectivity index (χ4v) is 3.10. The Bertz CT molecular complexity index is 1020. The number of methoxy groups -OCH3 is 1. The Morgan fingerprint density at radius 2 is 1.89 bits per heavy atom. The maximum atomic E-state index is 9.39. The van der Waals surface area contributed by atoms with Crippen LogP contribution in [0.25, 0.3) is 11.3 Å². The molecule has 0 aliphatic heterocycles. The highest BCUT2D eigenvalue weighted by atomic mass is 79.9. The first-order valence-corrected chi connectivity index (χ1v) is 8.70. The summed E-state index contributed by atoms with van der Waals surface area (Å²) < 4.78 is 12.0. The molecule has 0 bridgehead atoms. The summed E-state index contributed by atoms with van der Waals surface area (Å²) >= 11 is 3.50. The van der Waals surface area contributed by atoms with E-state index in [9.17, 15) is 5.26 Å². The predicted octanol–water partition coefficient (Wildman–Crippen LogP) is 3.53. The number of hydrogen-bond acceptors (Lipinski definition) is 7. The fraction of sp³-hybridized carbons (Fsp3) is 0.105. The summed E-state index contributed by atoms with van der Waals surface area (Å²) in [5, 5.41) is 9.39. The van der Waals surface area contributed by atoms with Gasteiger partial charge in [0.2, 0.25) is 5.95 Å². The van der Waals surface area contributed by atoms with E-state index < -0.39 is 0 Å². The number of nitrogen functional groups attached to an aromatic ring is 2. The van der Waals surface area contributed by atoms with Gasteiger partial charge in [0.25, 0.3) is 0 Å². The number of ether oxygens (including phenoxy) is 2. The van der Waals surface area contributed by atoms with Gasteiger partial charge in [-0.25, -0.2) is 4.98 Å². The van der Waals surface area contributed by atoms with E-state index >= 15 is 0 Å². The molecule has 0 aliphatic carbocycles. The van der Waals surface area contributed by atoms with Crippen LogP contribution in [0.4, 0.5) is 11.8 Å². The van der Waals surface area contributed by atoms with Crippen LogP contribution in [0.3, 0.4) is 0 Å². The molecule has 0 spiro atoms. The summed E-state index contributed by atoms with van der Waals surface area (Å²) in [7, 11) is 1.54. The van der Waals surface area contributed by atoms with E-state index in [-0.39, 0.29) is 17.3 Å². The molecule has 0 atom stereocenters. The molecule has 0 saturated heterocycles. The van der Waals surface area contributed by atoms with Gasteiger partial charge in [-0.05, 0) is 33.6 Å². The molecule has 0 radical (unpaired) electrons. The van der Waals surface area contributed by atoms with Gasteiger partial charge in [0.05, 0.1) is 17.3 Å². The minimum Gasteiger partial charge on any atom is -0.493 e. The molecule has 7 nitrogen and oxygen atoms in total. The van der Waals surface area contributed by atoms with Crippen LogP contribution in [0.15, 0.2) is 46.9 Å². The Labute approximate surface area is 164 Å². The number of halogens is 1. The molecule has 0 fully saturated rings. The van der Waals surface area contributed by atoms with Crippen molar-refractivity contribution in [3.63, 3.8) is 0 Å². The quantitative estimate of drug-likeness (QED) is 0.640. The third kappa shape index (κ3) is 3.93. The molecule has 2 aromatic carbocycles. The van der Waals surface area contributed by atoms with Crippen molar-refractivity contribution in [2.24, 2.45) is 0 Å². The minimum absolute atomic E-state index is 0.0130. The van der Waals surface area contributed by atoms with Crippen LogP contribution in [-0.2, 0) is 6.61 Å². The van der Waals surface area contributed by atoms with E-state index in [1.54, 1.807) is 12.1 Å². The highest BCUT2D eigenvalue weighted by Gasteiger charge is 2.18. The lowest BCUT2D eigenvalue weighted by Gasteiger charge is -2.15. The average Bonchev–Trinajstić information content (AvgIpc) is 2.66. The van der Waals surface area contributed by atoms with Crippen molar-refractivity contribution in [3.05, 3.63) is 58.1 Å². The zero-order valence-corrected chi connectivity index (χ0v) is 16.0. The molecule has 0 aliphatic rings. The lowest BCUT2D eigenvalue weighted by molar-refractivity contribution is 0.282. The van der Waals surface area contributed by atoms with Crippen LogP contribution in [0.2, 0.25) is 0 Å². The van der Waals surface area contributed by atoms with E-state index in [1.807, 2.05) is 36.4 Å². The zero-order chi connectivity index (χ0) is 19.4. The molecule has 27 heavy (non-hydrogen) atoms. The van der Waals surface area contributed by atoms with E-state index in [4.69, 9.17) is 20.9 Å². The van der Waals surface area contributed by atoms with E-state index in [0.29, 0.717) is 33.8 Å². The van der Waals surface area contributed by atoms with Gasteiger partial charge in [0.15, 0.2) is 11.5 Å². The molecule has 3 rings (SSSR count). The maximum Gasteiger partial charge on any atom is 0.222 e. The summed E-state index contributed by atoms with van der Waals surface area (Å²) in [5.41, 5.74) is 13.6. The largest absolute Gasteiger partial charge is 0.493 e.